The molecule has 0 N–H and O–H groups in total. The molecule has 0 aliphatic carbocycles. The summed E-state index contributed by atoms with van der Waals surface area (Å²) >= 11 is 0. The maximum absolute atomic E-state index is 5.36. The summed E-state index contributed by atoms with van der Waals surface area (Å²) in [7, 11) is -0.0768. The maximum atomic E-state index is 5.36. The Morgan fingerprint density at radius 1 is 1.21 bits per heavy atom. The van der Waals surface area contributed by atoms with E-state index < -0.39 is 0 Å². The third-order valence-corrected chi connectivity index (χ3v) is 5.18. The summed E-state index contributed by atoms with van der Waals surface area (Å²) < 4.78 is 10.6. The van der Waals surface area contributed by atoms with E-state index in [-0.39, 0.29) is 7.92 Å². The van der Waals surface area contributed by atoms with Crippen molar-refractivity contribution < 1.29 is 9.47 Å². The first-order valence-electron chi connectivity index (χ1n) is 4.81. The minimum Gasteiger partial charge on any atom is -0.454 e. The van der Waals surface area contributed by atoms with Crippen LogP contribution in [0.15, 0.2) is 18.2 Å². The molecule has 1 aromatic carbocycles. The molecule has 0 fully saturated rings. The van der Waals surface area contributed by atoms with Crippen molar-refractivity contribution in [2.45, 2.75) is 19.5 Å². The Balaban J connectivity index is 2.28. The van der Waals surface area contributed by atoms with Crippen molar-refractivity contribution in [1.29, 1.82) is 0 Å². The van der Waals surface area contributed by atoms with Crippen LogP contribution in [0.3, 0.4) is 0 Å². The summed E-state index contributed by atoms with van der Waals surface area (Å²) in [4.78, 5) is 0. The molecule has 0 aromatic heterocycles. The SMILES string of the molecule is CC(C)P(C)c1ccc2c(c1)OCO2. The second-order valence-electron chi connectivity index (χ2n) is 3.74. The van der Waals surface area contributed by atoms with E-state index in [1.807, 2.05) is 6.07 Å². The van der Waals surface area contributed by atoms with Gasteiger partial charge >= 0.3 is 0 Å². The number of benzene rings is 1. The summed E-state index contributed by atoms with van der Waals surface area (Å²) in [6.07, 6.45) is 0. The van der Waals surface area contributed by atoms with Crippen LogP contribution in [0.4, 0.5) is 0 Å². The Bertz CT molecular complexity index is 336. The molecule has 14 heavy (non-hydrogen) atoms. The van der Waals surface area contributed by atoms with Crippen LogP contribution >= 0.6 is 7.92 Å². The molecular weight excluding hydrogens is 195 g/mol. The third kappa shape index (κ3) is 1.72. The normalized spacial score (nSPS) is 16.0. The highest BCUT2D eigenvalue weighted by molar-refractivity contribution is 7.65. The van der Waals surface area contributed by atoms with E-state index in [9.17, 15) is 0 Å². The van der Waals surface area contributed by atoms with Crippen molar-refractivity contribution in [2.75, 3.05) is 13.5 Å². The van der Waals surface area contributed by atoms with E-state index in [1.165, 1.54) is 5.30 Å². The lowest BCUT2D eigenvalue weighted by Gasteiger charge is -2.16. The van der Waals surface area contributed by atoms with Crippen LogP contribution < -0.4 is 14.8 Å². The minimum absolute atomic E-state index is 0.0768. The Kier molecular flexibility index (Phi) is 2.64. The molecule has 0 spiro atoms. The van der Waals surface area contributed by atoms with Gasteiger partial charge in [-0.1, -0.05) is 27.8 Å². The summed E-state index contributed by atoms with van der Waals surface area (Å²) in [6, 6.07) is 6.28. The molecule has 0 saturated carbocycles. The van der Waals surface area contributed by atoms with Gasteiger partial charge in [0.25, 0.3) is 0 Å². The van der Waals surface area contributed by atoms with Crippen molar-refractivity contribution >= 4 is 13.2 Å². The van der Waals surface area contributed by atoms with Crippen LogP contribution in [0.1, 0.15) is 13.8 Å². The summed E-state index contributed by atoms with van der Waals surface area (Å²) in [6.45, 7) is 7.19. The molecule has 1 atom stereocenters. The van der Waals surface area contributed by atoms with Crippen LogP contribution in [-0.4, -0.2) is 19.1 Å². The second-order valence-corrected chi connectivity index (χ2v) is 6.51. The molecule has 3 heteroatoms. The van der Waals surface area contributed by atoms with Gasteiger partial charge in [-0.05, 0) is 29.8 Å². The van der Waals surface area contributed by atoms with Gasteiger partial charge in [-0.3, -0.25) is 0 Å². The lowest BCUT2D eigenvalue weighted by atomic mass is 10.3. The fraction of sp³-hybridized carbons (Fsp3) is 0.455. The quantitative estimate of drug-likeness (QED) is 0.698. The first kappa shape index (κ1) is 9.79. The van der Waals surface area contributed by atoms with Gasteiger partial charge in [0.1, 0.15) is 0 Å². The molecule has 0 radical (unpaired) electrons. The molecule has 0 saturated heterocycles. The number of rotatable bonds is 2. The lowest BCUT2D eigenvalue weighted by Crippen LogP contribution is -2.06. The van der Waals surface area contributed by atoms with Crippen LogP contribution in [0, 0.1) is 0 Å². The van der Waals surface area contributed by atoms with Crippen molar-refractivity contribution in [3.8, 4) is 11.5 Å². The zero-order valence-corrected chi connectivity index (χ0v) is 9.67. The molecule has 1 heterocycles. The van der Waals surface area contributed by atoms with Crippen LogP contribution in [0.2, 0.25) is 0 Å². The smallest absolute Gasteiger partial charge is 0.231 e. The highest BCUT2D eigenvalue weighted by Gasteiger charge is 2.16. The lowest BCUT2D eigenvalue weighted by molar-refractivity contribution is 0.174. The molecule has 1 aliphatic heterocycles. The molecule has 0 amide bonds. The van der Waals surface area contributed by atoms with E-state index in [0.29, 0.717) is 12.5 Å². The van der Waals surface area contributed by atoms with E-state index in [0.717, 1.165) is 11.5 Å². The second kappa shape index (κ2) is 3.78. The third-order valence-electron chi connectivity index (χ3n) is 2.54. The monoisotopic (exact) mass is 210 g/mol. The average molecular weight is 210 g/mol. The Labute approximate surface area is 86.0 Å². The van der Waals surface area contributed by atoms with Crippen molar-refractivity contribution in [3.63, 3.8) is 0 Å². The molecule has 1 aromatic rings. The van der Waals surface area contributed by atoms with Crippen molar-refractivity contribution in [3.05, 3.63) is 18.2 Å². The number of ether oxygens (including phenoxy) is 2. The predicted octanol–water partition coefficient (Wildman–Crippen LogP) is 2.56. The predicted molar refractivity (Wildman–Crippen MR) is 60.2 cm³/mol. The first-order valence-corrected chi connectivity index (χ1v) is 6.67. The molecule has 2 nitrogen and oxygen atoms in total. The van der Waals surface area contributed by atoms with Crippen LogP contribution in [0.5, 0.6) is 11.5 Å². The zero-order chi connectivity index (χ0) is 10.1. The Hall–Kier alpha value is -0.750. The highest BCUT2D eigenvalue weighted by atomic mass is 31.1. The first-order chi connectivity index (χ1) is 6.68. The molecular formula is C11H15O2P. The van der Waals surface area contributed by atoms with Gasteiger partial charge < -0.3 is 9.47 Å². The van der Waals surface area contributed by atoms with Gasteiger partial charge in [-0.2, -0.15) is 0 Å². The fourth-order valence-corrected chi connectivity index (χ4v) is 2.63. The van der Waals surface area contributed by atoms with Gasteiger partial charge in [-0.25, -0.2) is 0 Å². The highest BCUT2D eigenvalue weighted by Crippen LogP contribution is 2.39. The van der Waals surface area contributed by atoms with Gasteiger partial charge in [0.05, 0.1) is 0 Å². The number of hydrogen-bond acceptors (Lipinski definition) is 2. The summed E-state index contributed by atoms with van der Waals surface area (Å²) in [5.41, 5.74) is 0.713. The topological polar surface area (TPSA) is 18.5 Å². The molecule has 76 valence electrons. The van der Waals surface area contributed by atoms with Gasteiger partial charge in [0.2, 0.25) is 6.79 Å². The minimum atomic E-state index is -0.0768. The van der Waals surface area contributed by atoms with Gasteiger partial charge in [-0.15, -0.1) is 0 Å². The molecule has 1 aliphatic rings. The van der Waals surface area contributed by atoms with E-state index in [4.69, 9.17) is 9.47 Å². The largest absolute Gasteiger partial charge is 0.454 e. The van der Waals surface area contributed by atoms with Crippen molar-refractivity contribution in [2.24, 2.45) is 0 Å². The number of hydrogen-bond donors (Lipinski definition) is 0. The average Bonchev–Trinajstić information content (AvgIpc) is 2.62. The maximum Gasteiger partial charge on any atom is 0.231 e. The number of fused-ring (bicyclic) bond motifs is 1. The standard InChI is InChI=1S/C11H15O2P/c1-8(2)14(3)9-4-5-10-11(6-9)13-7-12-10/h4-6,8H,7H2,1-3H3. The van der Waals surface area contributed by atoms with Crippen molar-refractivity contribution in [1.82, 2.24) is 0 Å². The van der Waals surface area contributed by atoms with Gasteiger partial charge in [0.15, 0.2) is 11.5 Å². The van der Waals surface area contributed by atoms with Crippen LogP contribution in [-0.2, 0) is 0 Å². The molecule has 2 rings (SSSR count). The Morgan fingerprint density at radius 3 is 2.64 bits per heavy atom. The molecule has 0 bridgehead atoms. The zero-order valence-electron chi connectivity index (χ0n) is 8.78. The van der Waals surface area contributed by atoms with E-state index in [1.54, 1.807) is 0 Å². The van der Waals surface area contributed by atoms with Gasteiger partial charge in [0, 0.05) is 0 Å². The van der Waals surface area contributed by atoms with Crippen LogP contribution in [0.25, 0.3) is 0 Å². The summed E-state index contributed by atoms with van der Waals surface area (Å²) in [5.74, 6) is 1.78. The Morgan fingerprint density at radius 2 is 1.93 bits per heavy atom. The van der Waals surface area contributed by atoms with E-state index in [2.05, 4.69) is 32.6 Å². The summed E-state index contributed by atoms with van der Waals surface area (Å²) in [5, 5.41) is 1.39. The molecule has 1 unspecified atom stereocenters. The van der Waals surface area contributed by atoms with E-state index >= 15 is 0 Å². The fourth-order valence-electron chi connectivity index (χ4n) is 1.40.